The minimum Gasteiger partial charge on any atom is -0.371 e. The van der Waals surface area contributed by atoms with Gasteiger partial charge >= 0.3 is 0 Å². The number of piperidine rings is 1. The lowest BCUT2D eigenvalue weighted by Crippen LogP contribution is -2.31. The van der Waals surface area contributed by atoms with Gasteiger partial charge in [0.05, 0.1) is 5.69 Å². The molecule has 168 valence electrons. The van der Waals surface area contributed by atoms with Gasteiger partial charge in [0.25, 0.3) is 0 Å². The molecule has 3 heteroatoms. The Kier molecular flexibility index (Phi) is 5.85. The molecule has 2 heterocycles. The zero-order valence-electron chi connectivity index (χ0n) is 19.9. The average molecular weight is 436 g/mol. The lowest BCUT2D eigenvalue weighted by atomic mass is 9.88. The summed E-state index contributed by atoms with van der Waals surface area (Å²) < 4.78 is 0. The predicted molar refractivity (Wildman–Crippen MR) is 137 cm³/mol. The number of fused-ring (bicyclic) bond motifs is 1. The Morgan fingerprint density at radius 1 is 1.06 bits per heavy atom. The number of terminal acetylenes is 1. The summed E-state index contributed by atoms with van der Waals surface area (Å²) in [7, 11) is 0. The van der Waals surface area contributed by atoms with Crippen LogP contribution in [0.3, 0.4) is 0 Å². The number of nitrogens with zero attached hydrogens (tertiary/aromatic N) is 2. The highest BCUT2D eigenvalue weighted by Gasteiger charge is 2.24. The first-order valence-electron chi connectivity index (χ1n) is 12.2. The topological polar surface area (TPSA) is 31.9 Å². The SMILES string of the molecule is C#Cc1ccc(C2CCN(C(=C)c3cc(-c4nc5c([nH]4)CCCC5)c(C)cc3C)CC2)cc1. The van der Waals surface area contributed by atoms with E-state index in [2.05, 4.69) is 72.6 Å². The Bertz CT molecular complexity index is 1190. The maximum atomic E-state index is 5.51. The van der Waals surface area contributed by atoms with E-state index in [1.165, 1.54) is 52.0 Å². The van der Waals surface area contributed by atoms with E-state index in [0.29, 0.717) is 5.92 Å². The molecule has 2 aromatic carbocycles. The number of rotatable bonds is 4. The molecule has 0 radical (unpaired) electrons. The fraction of sp³-hybridized carbons (Fsp3) is 0.367. The highest BCUT2D eigenvalue weighted by atomic mass is 15.1. The number of aryl methyl sites for hydroxylation is 4. The van der Waals surface area contributed by atoms with Crippen LogP contribution in [0.25, 0.3) is 17.1 Å². The monoisotopic (exact) mass is 435 g/mol. The van der Waals surface area contributed by atoms with Crippen molar-refractivity contribution < 1.29 is 0 Å². The van der Waals surface area contributed by atoms with Crippen molar-refractivity contribution >= 4 is 5.70 Å². The van der Waals surface area contributed by atoms with Gasteiger partial charge in [-0.3, -0.25) is 0 Å². The summed E-state index contributed by atoms with van der Waals surface area (Å²) in [5.41, 5.74) is 11.1. The number of aromatic nitrogens is 2. The lowest BCUT2D eigenvalue weighted by molar-refractivity contribution is 0.299. The third-order valence-electron chi connectivity index (χ3n) is 7.52. The van der Waals surface area contributed by atoms with Crippen molar-refractivity contribution in [3.63, 3.8) is 0 Å². The molecule has 0 bridgehead atoms. The number of likely N-dealkylation sites (tertiary alicyclic amines) is 1. The van der Waals surface area contributed by atoms with Gasteiger partial charge in [0, 0.05) is 41.2 Å². The second-order valence-corrected chi connectivity index (χ2v) is 9.67. The molecular weight excluding hydrogens is 402 g/mol. The van der Waals surface area contributed by atoms with Gasteiger partial charge < -0.3 is 9.88 Å². The maximum absolute atomic E-state index is 5.51. The fourth-order valence-corrected chi connectivity index (χ4v) is 5.50. The van der Waals surface area contributed by atoms with E-state index in [9.17, 15) is 0 Å². The van der Waals surface area contributed by atoms with Crippen LogP contribution < -0.4 is 0 Å². The zero-order chi connectivity index (χ0) is 22.9. The molecule has 3 aromatic rings. The van der Waals surface area contributed by atoms with Crippen molar-refractivity contribution in [2.24, 2.45) is 0 Å². The van der Waals surface area contributed by atoms with Gasteiger partial charge in [0.2, 0.25) is 0 Å². The maximum Gasteiger partial charge on any atom is 0.138 e. The van der Waals surface area contributed by atoms with Crippen molar-refractivity contribution in [3.05, 3.63) is 82.2 Å². The Hall–Kier alpha value is -3.25. The Morgan fingerprint density at radius 2 is 1.79 bits per heavy atom. The van der Waals surface area contributed by atoms with E-state index >= 15 is 0 Å². The Labute approximate surface area is 198 Å². The molecule has 2 aliphatic rings. The van der Waals surface area contributed by atoms with Crippen LogP contribution in [0.15, 0.2) is 43.0 Å². The van der Waals surface area contributed by atoms with Gasteiger partial charge in [-0.1, -0.05) is 30.7 Å². The van der Waals surface area contributed by atoms with Crippen LogP contribution in [0.2, 0.25) is 0 Å². The molecular formula is C30H33N3. The molecule has 0 saturated carbocycles. The first-order chi connectivity index (χ1) is 16.0. The summed E-state index contributed by atoms with van der Waals surface area (Å²) in [6.45, 7) is 11.0. The van der Waals surface area contributed by atoms with Crippen molar-refractivity contribution in [2.75, 3.05) is 13.1 Å². The van der Waals surface area contributed by atoms with E-state index in [1.807, 2.05) is 0 Å². The number of aromatic amines is 1. The molecule has 1 aliphatic carbocycles. The fourth-order valence-electron chi connectivity index (χ4n) is 5.50. The summed E-state index contributed by atoms with van der Waals surface area (Å²) in [5.74, 6) is 4.31. The average Bonchev–Trinajstić information content (AvgIpc) is 3.28. The van der Waals surface area contributed by atoms with Crippen molar-refractivity contribution in [1.29, 1.82) is 0 Å². The molecule has 0 unspecified atom stereocenters. The number of imidazole rings is 1. The lowest BCUT2D eigenvalue weighted by Gasteiger charge is -2.35. The van der Waals surface area contributed by atoms with E-state index in [1.54, 1.807) is 0 Å². The molecule has 0 spiro atoms. The van der Waals surface area contributed by atoms with Crippen LogP contribution in [0.1, 0.15) is 70.8 Å². The van der Waals surface area contributed by atoms with Gasteiger partial charge in [0.1, 0.15) is 5.82 Å². The minimum absolute atomic E-state index is 0.588. The second kappa shape index (κ2) is 8.94. The number of hydrogen-bond acceptors (Lipinski definition) is 2. The van der Waals surface area contributed by atoms with Crippen LogP contribution in [-0.2, 0) is 12.8 Å². The second-order valence-electron chi connectivity index (χ2n) is 9.67. The number of hydrogen-bond donors (Lipinski definition) is 1. The van der Waals surface area contributed by atoms with Crippen molar-refractivity contribution in [2.45, 2.75) is 58.3 Å². The van der Waals surface area contributed by atoms with E-state index < -0.39 is 0 Å². The molecule has 1 aromatic heterocycles. The molecule has 3 nitrogen and oxygen atoms in total. The van der Waals surface area contributed by atoms with E-state index in [4.69, 9.17) is 11.4 Å². The third-order valence-corrected chi connectivity index (χ3v) is 7.52. The van der Waals surface area contributed by atoms with Crippen molar-refractivity contribution in [3.8, 4) is 23.7 Å². The summed E-state index contributed by atoms with van der Waals surface area (Å²) >= 11 is 0. The summed E-state index contributed by atoms with van der Waals surface area (Å²) in [5, 5.41) is 0. The summed E-state index contributed by atoms with van der Waals surface area (Å²) in [6, 6.07) is 13.1. The molecule has 0 amide bonds. The van der Waals surface area contributed by atoms with Gasteiger partial charge in [0.15, 0.2) is 0 Å². The largest absolute Gasteiger partial charge is 0.371 e. The highest BCUT2D eigenvalue weighted by Crippen LogP contribution is 2.35. The molecule has 0 atom stereocenters. The molecule has 1 N–H and O–H groups in total. The van der Waals surface area contributed by atoms with Crippen LogP contribution in [-0.4, -0.2) is 28.0 Å². The van der Waals surface area contributed by atoms with Crippen molar-refractivity contribution in [1.82, 2.24) is 14.9 Å². The molecule has 33 heavy (non-hydrogen) atoms. The van der Waals surface area contributed by atoms with Gasteiger partial charge in [-0.05, 0) is 93.2 Å². The number of H-pyrrole nitrogens is 1. The van der Waals surface area contributed by atoms with Gasteiger partial charge in [-0.25, -0.2) is 4.98 Å². The first-order valence-corrected chi connectivity index (χ1v) is 12.2. The number of benzene rings is 2. The molecule has 1 aliphatic heterocycles. The highest BCUT2D eigenvalue weighted by molar-refractivity contribution is 5.73. The van der Waals surface area contributed by atoms with E-state index in [0.717, 1.165) is 55.9 Å². The molecule has 1 fully saturated rings. The van der Waals surface area contributed by atoms with Gasteiger partial charge in [-0.15, -0.1) is 6.42 Å². The zero-order valence-corrected chi connectivity index (χ0v) is 19.9. The normalized spacial score (nSPS) is 16.3. The Morgan fingerprint density at radius 3 is 2.48 bits per heavy atom. The standard InChI is InChI=1S/C30H33N3/c1-5-23-10-12-24(13-11-23)25-14-16-33(17-15-25)22(4)26-19-27(21(3)18-20(26)2)30-31-28-8-6-7-9-29(28)32-30/h1,10-13,18-19,25H,4,6-9,14-17H2,2-3H3,(H,31,32). The quantitative estimate of drug-likeness (QED) is 0.481. The first kappa shape index (κ1) is 21.6. The van der Waals surface area contributed by atoms with Crippen LogP contribution >= 0.6 is 0 Å². The minimum atomic E-state index is 0.588. The molecule has 5 rings (SSSR count). The van der Waals surface area contributed by atoms with Crippen LogP contribution in [0.5, 0.6) is 0 Å². The van der Waals surface area contributed by atoms with Crippen LogP contribution in [0, 0.1) is 26.2 Å². The predicted octanol–water partition coefficient (Wildman–Crippen LogP) is 6.40. The summed E-state index contributed by atoms with van der Waals surface area (Å²) in [4.78, 5) is 11.0. The van der Waals surface area contributed by atoms with Crippen LogP contribution in [0.4, 0.5) is 0 Å². The summed E-state index contributed by atoms with van der Waals surface area (Å²) in [6.07, 6.45) is 12.5. The third kappa shape index (κ3) is 4.23. The van der Waals surface area contributed by atoms with E-state index in [-0.39, 0.29) is 0 Å². The number of nitrogens with one attached hydrogen (secondary N) is 1. The van der Waals surface area contributed by atoms with Gasteiger partial charge in [-0.2, -0.15) is 0 Å². The molecule has 1 saturated heterocycles. The smallest absolute Gasteiger partial charge is 0.138 e. The Balaban J connectivity index is 1.34.